The van der Waals surface area contributed by atoms with Gasteiger partial charge in [-0.1, -0.05) is 41.9 Å². The van der Waals surface area contributed by atoms with E-state index in [1.165, 1.54) is 0 Å². The summed E-state index contributed by atoms with van der Waals surface area (Å²) in [7, 11) is 0. The summed E-state index contributed by atoms with van der Waals surface area (Å²) in [5.41, 5.74) is 2.89. The van der Waals surface area contributed by atoms with Crippen LogP contribution in [0.15, 0.2) is 53.0 Å². The molecule has 2 aromatic rings. The van der Waals surface area contributed by atoms with Crippen molar-refractivity contribution < 1.29 is 9.59 Å². The molecule has 2 amide bonds. The molecule has 0 saturated carbocycles. The lowest BCUT2D eigenvalue weighted by molar-refractivity contribution is -0.132. The van der Waals surface area contributed by atoms with Crippen molar-refractivity contribution in [1.82, 2.24) is 4.90 Å². The summed E-state index contributed by atoms with van der Waals surface area (Å²) < 4.78 is 1.00. The number of hydrogen-bond donors (Lipinski definition) is 1. The number of nitrogens with one attached hydrogen (secondary N) is 1. The van der Waals surface area contributed by atoms with Crippen molar-refractivity contribution in [3.63, 3.8) is 0 Å². The van der Waals surface area contributed by atoms with Crippen molar-refractivity contribution in [1.29, 1.82) is 0 Å². The zero-order valence-corrected chi connectivity index (χ0v) is 18.6. The Bertz CT molecular complexity index is 826. The van der Waals surface area contributed by atoms with E-state index in [1.54, 1.807) is 0 Å². The highest BCUT2D eigenvalue weighted by atomic mass is 79.9. The Labute approximate surface area is 181 Å². The molecule has 0 aromatic heterocycles. The van der Waals surface area contributed by atoms with E-state index < -0.39 is 0 Å². The number of carbonyl (C=O) groups excluding carboxylic acids is 2. The quantitative estimate of drug-likeness (QED) is 0.702. The summed E-state index contributed by atoms with van der Waals surface area (Å²) in [4.78, 5) is 28.7. The van der Waals surface area contributed by atoms with Crippen LogP contribution in [0.4, 0.5) is 11.4 Å². The summed E-state index contributed by atoms with van der Waals surface area (Å²) in [6.07, 6.45) is 0.968. The van der Waals surface area contributed by atoms with Gasteiger partial charge in [0, 0.05) is 48.4 Å². The first-order chi connectivity index (χ1) is 13.9. The van der Waals surface area contributed by atoms with Crippen molar-refractivity contribution in [3.05, 3.63) is 58.6 Å². The summed E-state index contributed by atoms with van der Waals surface area (Å²) in [6.45, 7) is 7.34. The highest BCUT2D eigenvalue weighted by molar-refractivity contribution is 9.10. The van der Waals surface area contributed by atoms with Crippen LogP contribution in [0.25, 0.3) is 0 Å². The summed E-state index contributed by atoms with van der Waals surface area (Å²) >= 11 is 3.40. The summed E-state index contributed by atoms with van der Waals surface area (Å²) in [6, 6.07) is 15.7. The highest BCUT2D eigenvalue weighted by Gasteiger charge is 2.21. The summed E-state index contributed by atoms with van der Waals surface area (Å²) in [5.74, 6) is 0.618. The molecular formula is C23H28BrN3O2. The number of amides is 2. The molecule has 29 heavy (non-hydrogen) atoms. The number of hydrogen-bond acceptors (Lipinski definition) is 3. The van der Waals surface area contributed by atoms with Crippen LogP contribution < -0.4 is 10.2 Å². The summed E-state index contributed by atoms with van der Waals surface area (Å²) in [5, 5.41) is 2.95. The van der Waals surface area contributed by atoms with Crippen molar-refractivity contribution in [2.75, 3.05) is 36.4 Å². The topological polar surface area (TPSA) is 52.7 Å². The molecule has 3 rings (SSSR count). The molecule has 0 radical (unpaired) electrons. The van der Waals surface area contributed by atoms with Crippen LogP contribution in [0.3, 0.4) is 0 Å². The second kappa shape index (κ2) is 9.92. The Balaban J connectivity index is 1.49. The van der Waals surface area contributed by atoms with Crippen LogP contribution in [-0.2, 0) is 16.0 Å². The van der Waals surface area contributed by atoms with E-state index in [9.17, 15) is 9.59 Å². The van der Waals surface area contributed by atoms with Gasteiger partial charge in [-0.3, -0.25) is 9.59 Å². The first-order valence-corrected chi connectivity index (χ1v) is 10.9. The van der Waals surface area contributed by atoms with E-state index in [1.807, 2.05) is 53.4 Å². The third-order valence-corrected chi connectivity index (χ3v) is 5.54. The number of nitrogens with zero attached hydrogens (tertiary/aromatic N) is 2. The lowest BCUT2D eigenvalue weighted by Crippen LogP contribution is -2.49. The average molecular weight is 458 g/mol. The number of anilines is 2. The number of benzene rings is 2. The van der Waals surface area contributed by atoms with Gasteiger partial charge in [-0.15, -0.1) is 0 Å². The van der Waals surface area contributed by atoms with Gasteiger partial charge in [-0.2, -0.15) is 0 Å². The monoisotopic (exact) mass is 457 g/mol. The van der Waals surface area contributed by atoms with E-state index >= 15 is 0 Å². The molecule has 1 saturated heterocycles. The molecular weight excluding hydrogens is 430 g/mol. The SMILES string of the molecule is CC(C)CC(=O)N1CCN(c2ccc(NC(=O)Cc3ccc(Br)cc3)cc2)CC1. The van der Waals surface area contributed by atoms with E-state index in [-0.39, 0.29) is 11.8 Å². The molecule has 0 spiro atoms. The maximum atomic E-state index is 12.3. The fourth-order valence-corrected chi connectivity index (χ4v) is 3.71. The van der Waals surface area contributed by atoms with Gasteiger partial charge in [0.2, 0.25) is 11.8 Å². The minimum atomic E-state index is -0.0302. The second-order valence-corrected chi connectivity index (χ2v) is 8.78. The van der Waals surface area contributed by atoms with Gasteiger partial charge in [0.15, 0.2) is 0 Å². The largest absolute Gasteiger partial charge is 0.368 e. The van der Waals surface area contributed by atoms with E-state index in [2.05, 4.69) is 40.0 Å². The zero-order valence-electron chi connectivity index (χ0n) is 17.0. The fourth-order valence-electron chi connectivity index (χ4n) is 3.44. The lowest BCUT2D eigenvalue weighted by atomic mass is 10.1. The smallest absolute Gasteiger partial charge is 0.228 e. The van der Waals surface area contributed by atoms with Crippen LogP contribution in [0.1, 0.15) is 25.8 Å². The van der Waals surface area contributed by atoms with Crippen molar-refractivity contribution in [2.45, 2.75) is 26.7 Å². The molecule has 1 N–H and O–H groups in total. The van der Waals surface area contributed by atoms with Crippen molar-refractivity contribution >= 4 is 39.1 Å². The Hall–Kier alpha value is -2.34. The first kappa shape index (κ1) is 21.4. The van der Waals surface area contributed by atoms with Crippen LogP contribution in [0.5, 0.6) is 0 Å². The number of carbonyl (C=O) groups is 2. The Kier molecular flexibility index (Phi) is 7.31. The molecule has 0 bridgehead atoms. The minimum absolute atomic E-state index is 0.0302. The van der Waals surface area contributed by atoms with Gasteiger partial charge < -0.3 is 15.1 Å². The predicted octanol–water partition coefficient (Wildman–Crippen LogP) is 4.33. The predicted molar refractivity (Wildman–Crippen MR) is 121 cm³/mol. The molecule has 1 aliphatic rings. The maximum Gasteiger partial charge on any atom is 0.228 e. The van der Waals surface area contributed by atoms with Crippen molar-refractivity contribution in [2.24, 2.45) is 5.92 Å². The van der Waals surface area contributed by atoms with Gasteiger partial charge in [-0.25, -0.2) is 0 Å². The number of halogens is 1. The van der Waals surface area contributed by atoms with Gasteiger partial charge in [-0.05, 0) is 47.9 Å². The minimum Gasteiger partial charge on any atom is -0.368 e. The van der Waals surface area contributed by atoms with Gasteiger partial charge >= 0.3 is 0 Å². The fraction of sp³-hybridized carbons (Fsp3) is 0.391. The molecule has 0 unspecified atom stereocenters. The third-order valence-electron chi connectivity index (χ3n) is 5.01. The average Bonchev–Trinajstić information content (AvgIpc) is 2.70. The maximum absolute atomic E-state index is 12.3. The Morgan fingerprint density at radius 2 is 1.59 bits per heavy atom. The molecule has 1 fully saturated rings. The Morgan fingerprint density at radius 1 is 0.966 bits per heavy atom. The van der Waals surface area contributed by atoms with Crippen LogP contribution in [0, 0.1) is 5.92 Å². The van der Waals surface area contributed by atoms with E-state index in [4.69, 9.17) is 0 Å². The molecule has 0 atom stereocenters. The number of piperazine rings is 1. The second-order valence-electron chi connectivity index (χ2n) is 7.86. The molecule has 2 aromatic carbocycles. The Morgan fingerprint density at radius 3 is 2.17 bits per heavy atom. The molecule has 5 nitrogen and oxygen atoms in total. The highest BCUT2D eigenvalue weighted by Crippen LogP contribution is 2.20. The number of rotatable bonds is 6. The molecule has 154 valence electrons. The van der Waals surface area contributed by atoms with E-state index in [0.29, 0.717) is 18.8 Å². The first-order valence-electron chi connectivity index (χ1n) is 10.1. The van der Waals surface area contributed by atoms with Crippen LogP contribution in [0.2, 0.25) is 0 Å². The van der Waals surface area contributed by atoms with Crippen LogP contribution >= 0.6 is 15.9 Å². The zero-order chi connectivity index (χ0) is 20.8. The normalized spacial score (nSPS) is 14.2. The van der Waals surface area contributed by atoms with Gasteiger partial charge in [0.05, 0.1) is 6.42 Å². The standard InChI is InChI=1S/C23H28BrN3O2/c1-17(2)15-23(29)27-13-11-26(12-14-27)21-9-7-20(8-10-21)25-22(28)16-18-3-5-19(24)6-4-18/h3-10,17H,11-16H2,1-2H3,(H,25,28). The van der Waals surface area contributed by atoms with Crippen molar-refractivity contribution in [3.8, 4) is 0 Å². The molecule has 0 aliphatic carbocycles. The van der Waals surface area contributed by atoms with Crippen LogP contribution in [-0.4, -0.2) is 42.9 Å². The van der Waals surface area contributed by atoms with Gasteiger partial charge in [0.25, 0.3) is 0 Å². The van der Waals surface area contributed by atoms with E-state index in [0.717, 1.165) is 47.6 Å². The molecule has 1 heterocycles. The lowest BCUT2D eigenvalue weighted by Gasteiger charge is -2.36. The molecule has 1 aliphatic heterocycles. The third kappa shape index (κ3) is 6.32. The van der Waals surface area contributed by atoms with Gasteiger partial charge in [0.1, 0.15) is 0 Å². The molecule has 6 heteroatoms.